The average Bonchev–Trinajstić information content (AvgIpc) is 2.77. The van der Waals surface area contributed by atoms with Gasteiger partial charge >= 0.3 is 0 Å². The number of hydrogen-bond donors (Lipinski definition) is 4. The van der Waals surface area contributed by atoms with Crippen molar-refractivity contribution in [3.05, 3.63) is 16.7 Å². The third kappa shape index (κ3) is 1.18. The number of H-pyrrole nitrogens is 1. The summed E-state index contributed by atoms with van der Waals surface area (Å²) < 4.78 is 35.0. The molecule has 0 aromatic carbocycles. The van der Waals surface area contributed by atoms with E-state index < -0.39 is 35.0 Å². The Balaban J connectivity index is 1.90. The normalized spacial score (nSPS) is 43.5. The lowest BCUT2D eigenvalue weighted by atomic mass is 9.97. The number of ether oxygens (including phenoxy) is 1. The fourth-order valence-electron chi connectivity index (χ4n) is 3.03. The number of halogens is 2. The highest BCUT2D eigenvalue weighted by Gasteiger charge is 2.94. The molecule has 1 aliphatic heterocycles. The molecule has 2 fully saturated rings. The Morgan fingerprint density at radius 1 is 1.55 bits per heavy atom. The van der Waals surface area contributed by atoms with Crippen LogP contribution in [0.2, 0.25) is 0 Å². The van der Waals surface area contributed by atoms with Gasteiger partial charge in [0.15, 0.2) is 34.8 Å². The minimum Gasteiger partial charge on any atom is -0.384 e. The number of aliphatic hydroxyl groups is 2. The van der Waals surface area contributed by atoms with E-state index in [1.54, 1.807) is 0 Å². The van der Waals surface area contributed by atoms with Crippen molar-refractivity contribution in [2.75, 3.05) is 5.73 Å². The molecule has 2 aromatic rings. The number of aromatic nitrogens is 4. The lowest BCUT2D eigenvalue weighted by molar-refractivity contribution is -0.159. The largest absolute Gasteiger partial charge is 0.384 e. The maximum absolute atomic E-state index is 14.9. The van der Waals surface area contributed by atoms with Crippen LogP contribution in [0.5, 0.6) is 0 Å². The molecule has 0 bridgehead atoms. The van der Waals surface area contributed by atoms with E-state index >= 15 is 0 Å². The SMILES string of the molecule is C[C@]1(F)[C@H](n2cnc3c(=O)[nH]c(N)nc32)O[C@]2(F)C(O)[C@]12O. The fraction of sp³-hybridized carbons (Fsp3) is 0.545. The Labute approximate surface area is 120 Å². The van der Waals surface area contributed by atoms with Crippen molar-refractivity contribution in [2.45, 2.75) is 36.4 Å². The first-order valence-electron chi connectivity index (χ1n) is 6.33. The monoisotopic (exact) mass is 315 g/mol. The van der Waals surface area contributed by atoms with Gasteiger partial charge in [-0.3, -0.25) is 14.3 Å². The lowest BCUT2D eigenvalue weighted by Crippen LogP contribution is -2.44. The highest BCUT2D eigenvalue weighted by molar-refractivity contribution is 5.70. The number of nitrogens with one attached hydrogen (secondary N) is 1. The topological polar surface area (TPSA) is 139 Å². The lowest BCUT2D eigenvalue weighted by Gasteiger charge is -2.28. The van der Waals surface area contributed by atoms with Gasteiger partial charge in [-0.05, 0) is 6.92 Å². The zero-order valence-electron chi connectivity index (χ0n) is 11.1. The smallest absolute Gasteiger partial charge is 0.280 e. The van der Waals surface area contributed by atoms with Gasteiger partial charge in [0.2, 0.25) is 5.95 Å². The van der Waals surface area contributed by atoms with Crippen molar-refractivity contribution in [1.29, 1.82) is 0 Å². The van der Waals surface area contributed by atoms with Gasteiger partial charge in [0.25, 0.3) is 11.4 Å². The van der Waals surface area contributed by atoms with Gasteiger partial charge in [-0.25, -0.2) is 13.8 Å². The number of fused-ring (bicyclic) bond motifs is 2. The maximum atomic E-state index is 14.9. The molecule has 11 heteroatoms. The van der Waals surface area contributed by atoms with Crippen LogP contribution in [0.15, 0.2) is 11.1 Å². The molecule has 4 rings (SSSR count). The van der Waals surface area contributed by atoms with Crippen molar-refractivity contribution in [1.82, 2.24) is 19.5 Å². The summed E-state index contributed by atoms with van der Waals surface area (Å²) in [5.74, 6) is -3.17. The first-order chi connectivity index (χ1) is 10.1. The van der Waals surface area contributed by atoms with Crippen LogP contribution in [-0.4, -0.2) is 53.0 Å². The van der Waals surface area contributed by atoms with Crippen molar-refractivity contribution < 1.29 is 23.7 Å². The Morgan fingerprint density at radius 3 is 2.82 bits per heavy atom. The number of hydrogen-bond acceptors (Lipinski definition) is 7. The highest BCUT2D eigenvalue weighted by atomic mass is 19.2. The van der Waals surface area contributed by atoms with E-state index in [1.165, 1.54) is 0 Å². The second kappa shape index (κ2) is 3.45. The quantitative estimate of drug-likeness (QED) is 0.514. The van der Waals surface area contributed by atoms with Crippen LogP contribution < -0.4 is 11.3 Å². The molecule has 1 unspecified atom stereocenters. The van der Waals surface area contributed by atoms with Crippen LogP contribution in [0.1, 0.15) is 13.2 Å². The summed E-state index contributed by atoms with van der Waals surface area (Å²) in [4.78, 5) is 21.5. The standard InChI is InChI=1S/C11H11F2N5O4/c1-9(12)7(22-11(13)6(20)10(9,11)21)18-2-15-3-4(18)16-8(14)17-5(3)19/h2,6-7,20-21H,1H3,(H3,14,16,17,19)/t6?,7-,9+,10+,11-/m1/s1. The van der Waals surface area contributed by atoms with E-state index in [4.69, 9.17) is 10.5 Å². The molecular formula is C11H11F2N5O4. The summed E-state index contributed by atoms with van der Waals surface area (Å²) >= 11 is 0. The van der Waals surface area contributed by atoms with Gasteiger partial charge in [-0.1, -0.05) is 0 Å². The Kier molecular flexibility index (Phi) is 2.12. The van der Waals surface area contributed by atoms with Gasteiger partial charge < -0.3 is 20.7 Å². The molecule has 118 valence electrons. The van der Waals surface area contributed by atoms with E-state index in [9.17, 15) is 23.8 Å². The molecule has 2 aromatic heterocycles. The summed E-state index contributed by atoms with van der Waals surface area (Å²) in [6.07, 6.45) is -2.65. The minimum atomic E-state index is -2.93. The first-order valence-corrected chi connectivity index (χ1v) is 6.33. The van der Waals surface area contributed by atoms with Gasteiger partial charge in [0, 0.05) is 0 Å². The molecule has 0 radical (unpaired) electrons. The predicted molar refractivity (Wildman–Crippen MR) is 67.0 cm³/mol. The molecule has 5 N–H and O–H groups in total. The van der Waals surface area contributed by atoms with Gasteiger partial charge in [0.1, 0.15) is 0 Å². The molecule has 1 saturated carbocycles. The number of nitrogens with zero attached hydrogens (tertiary/aromatic N) is 3. The summed E-state index contributed by atoms with van der Waals surface area (Å²) in [5, 5.41) is 19.4. The van der Waals surface area contributed by atoms with Crippen molar-refractivity contribution >= 4 is 17.1 Å². The van der Waals surface area contributed by atoms with Crippen molar-refractivity contribution in [3.63, 3.8) is 0 Å². The molecule has 1 aliphatic carbocycles. The zero-order valence-corrected chi connectivity index (χ0v) is 11.1. The Bertz CT molecular complexity index is 866. The van der Waals surface area contributed by atoms with Gasteiger partial charge in [0.05, 0.1) is 6.33 Å². The van der Waals surface area contributed by atoms with Crippen molar-refractivity contribution in [2.24, 2.45) is 0 Å². The number of nitrogen functional groups attached to an aromatic ring is 1. The number of alkyl halides is 2. The zero-order chi connectivity index (χ0) is 16.1. The highest BCUT2D eigenvalue weighted by Crippen LogP contribution is 2.69. The molecule has 22 heavy (non-hydrogen) atoms. The molecule has 3 heterocycles. The molecule has 2 aliphatic rings. The number of rotatable bonds is 1. The Morgan fingerprint density at radius 2 is 2.23 bits per heavy atom. The van der Waals surface area contributed by atoms with E-state index in [0.717, 1.165) is 17.8 Å². The second-order valence-electron chi connectivity index (χ2n) is 5.63. The van der Waals surface area contributed by atoms with E-state index in [1.807, 2.05) is 0 Å². The third-order valence-electron chi connectivity index (χ3n) is 4.38. The summed E-state index contributed by atoms with van der Waals surface area (Å²) in [7, 11) is 0. The van der Waals surface area contributed by atoms with Crippen LogP contribution in [0.25, 0.3) is 11.2 Å². The van der Waals surface area contributed by atoms with Crippen LogP contribution in [0, 0.1) is 0 Å². The third-order valence-corrected chi connectivity index (χ3v) is 4.38. The van der Waals surface area contributed by atoms with E-state index in [0.29, 0.717) is 0 Å². The maximum Gasteiger partial charge on any atom is 0.280 e. The molecule has 0 spiro atoms. The Hall–Kier alpha value is -2.11. The summed E-state index contributed by atoms with van der Waals surface area (Å²) in [5.41, 5.74) is -0.888. The van der Waals surface area contributed by atoms with E-state index in [-0.39, 0.29) is 17.1 Å². The van der Waals surface area contributed by atoms with Gasteiger partial charge in [-0.15, -0.1) is 0 Å². The average molecular weight is 315 g/mol. The van der Waals surface area contributed by atoms with Crippen LogP contribution in [0.4, 0.5) is 14.7 Å². The summed E-state index contributed by atoms with van der Waals surface area (Å²) in [6.45, 7) is 0.886. The molecule has 5 atom stereocenters. The molecule has 1 saturated heterocycles. The fourth-order valence-corrected chi connectivity index (χ4v) is 3.03. The number of aliphatic hydroxyl groups excluding tert-OH is 1. The number of imidazole rings is 1. The number of anilines is 1. The minimum absolute atomic E-state index is 0.127. The first kappa shape index (κ1) is 13.5. The van der Waals surface area contributed by atoms with E-state index in [2.05, 4.69) is 15.0 Å². The van der Waals surface area contributed by atoms with Crippen molar-refractivity contribution in [3.8, 4) is 0 Å². The van der Waals surface area contributed by atoms with Crippen LogP contribution in [-0.2, 0) is 4.74 Å². The summed E-state index contributed by atoms with van der Waals surface area (Å²) in [6, 6.07) is 0. The number of aromatic amines is 1. The second-order valence-corrected chi connectivity index (χ2v) is 5.63. The predicted octanol–water partition coefficient (Wildman–Crippen LogP) is -1.27. The van der Waals surface area contributed by atoms with Crippen LogP contribution in [0.3, 0.4) is 0 Å². The number of nitrogens with two attached hydrogens (primary N) is 1. The van der Waals surface area contributed by atoms with Crippen LogP contribution >= 0.6 is 0 Å². The molecule has 9 nitrogen and oxygen atoms in total. The van der Waals surface area contributed by atoms with Gasteiger partial charge in [-0.2, -0.15) is 4.98 Å². The molecular weight excluding hydrogens is 304 g/mol. The molecule has 0 amide bonds.